The quantitative estimate of drug-likeness (QED) is 0.833. The topological polar surface area (TPSA) is 66.6 Å². The SMILES string of the molecule is CN(C)c1ccc(N(C)S(=O)(=O)CCN)cc1. The lowest BCUT2D eigenvalue weighted by molar-refractivity contribution is 0.594. The van der Waals surface area contributed by atoms with Crippen molar-refractivity contribution in [1.82, 2.24) is 0 Å². The minimum absolute atomic E-state index is 0.0427. The summed E-state index contributed by atoms with van der Waals surface area (Å²) >= 11 is 0. The van der Waals surface area contributed by atoms with E-state index >= 15 is 0 Å². The van der Waals surface area contributed by atoms with Gasteiger partial charge in [0.15, 0.2) is 0 Å². The normalized spacial score (nSPS) is 11.3. The summed E-state index contributed by atoms with van der Waals surface area (Å²) in [6.07, 6.45) is 0. The van der Waals surface area contributed by atoms with Crippen LogP contribution in [0, 0.1) is 0 Å². The van der Waals surface area contributed by atoms with Crippen molar-refractivity contribution >= 4 is 21.4 Å². The van der Waals surface area contributed by atoms with Crippen LogP contribution in [0.3, 0.4) is 0 Å². The van der Waals surface area contributed by atoms with Crippen molar-refractivity contribution in [3.63, 3.8) is 0 Å². The Morgan fingerprint density at radius 2 is 1.53 bits per heavy atom. The van der Waals surface area contributed by atoms with Crippen molar-refractivity contribution in [2.45, 2.75) is 0 Å². The summed E-state index contributed by atoms with van der Waals surface area (Å²) < 4.78 is 24.8. The van der Waals surface area contributed by atoms with Gasteiger partial charge < -0.3 is 10.6 Å². The van der Waals surface area contributed by atoms with Gasteiger partial charge in [0.2, 0.25) is 10.0 Å². The van der Waals surface area contributed by atoms with Crippen LogP contribution in [0.4, 0.5) is 11.4 Å². The van der Waals surface area contributed by atoms with Gasteiger partial charge in [-0.3, -0.25) is 4.31 Å². The smallest absolute Gasteiger partial charge is 0.236 e. The fraction of sp³-hybridized carbons (Fsp3) is 0.455. The zero-order valence-electron chi connectivity index (χ0n) is 10.4. The van der Waals surface area contributed by atoms with Crippen LogP contribution in [0.1, 0.15) is 0 Å². The molecule has 0 unspecified atom stereocenters. The Bertz CT molecular complexity index is 454. The van der Waals surface area contributed by atoms with Gasteiger partial charge in [0.25, 0.3) is 0 Å². The number of nitrogens with two attached hydrogens (primary N) is 1. The zero-order valence-corrected chi connectivity index (χ0v) is 11.2. The number of benzene rings is 1. The molecule has 2 N–H and O–H groups in total. The molecule has 0 atom stereocenters. The van der Waals surface area contributed by atoms with Crippen molar-refractivity contribution in [1.29, 1.82) is 0 Å². The maximum absolute atomic E-state index is 11.8. The van der Waals surface area contributed by atoms with Crippen LogP contribution in [0.15, 0.2) is 24.3 Å². The summed E-state index contributed by atoms with van der Waals surface area (Å²) in [6, 6.07) is 7.32. The number of hydrogen-bond acceptors (Lipinski definition) is 4. The molecule has 1 aromatic carbocycles. The minimum atomic E-state index is -3.30. The van der Waals surface area contributed by atoms with E-state index in [9.17, 15) is 8.42 Å². The van der Waals surface area contributed by atoms with Gasteiger partial charge in [0.05, 0.1) is 11.4 Å². The molecule has 0 saturated carbocycles. The van der Waals surface area contributed by atoms with Crippen molar-refractivity contribution in [2.75, 3.05) is 42.6 Å². The lowest BCUT2D eigenvalue weighted by atomic mass is 10.3. The Hall–Kier alpha value is -1.27. The van der Waals surface area contributed by atoms with Crippen LogP contribution in [-0.2, 0) is 10.0 Å². The Kier molecular flexibility index (Phi) is 4.36. The molecule has 1 aromatic rings. The number of hydrogen-bond donors (Lipinski definition) is 1. The first kappa shape index (κ1) is 13.8. The average Bonchev–Trinajstić information content (AvgIpc) is 2.28. The van der Waals surface area contributed by atoms with Gasteiger partial charge in [-0.05, 0) is 24.3 Å². The Morgan fingerprint density at radius 1 is 1.06 bits per heavy atom. The highest BCUT2D eigenvalue weighted by atomic mass is 32.2. The second kappa shape index (κ2) is 5.37. The zero-order chi connectivity index (χ0) is 13.1. The standard InChI is InChI=1S/C11H19N3O2S/c1-13(2)10-4-6-11(7-5-10)14(3)17(15,16)9-8-12/h4-7H,8-9,12H2,1-3H3. The molecule has 0 amide bonds. The number of anilines is 2. The molecule has 0 aliphatic rings. The van der Waals surface area contributed by atoms with E-state index in [4.69, 9.17) is 5.73 Å². The highest BCUT2D eigenvalue weighted by Gasteiger charge is 2.17. The molecule has 6 heteroatoms. The molecule has 0 saturated heterocycles. The summed E-state index contributed by atoms with van der Waals surface area (Å²) in [6.45, 7) is 0.127. The van der Waals surface area contributed by atoms with Gasteiger partial charge in [-0.25, -0.2) is 8.42 Å². The van der Waals surface area contributed by atoms with Gasteiger partial charge in [-0.15, -0.1) is 0 Å². The van der Waals surface area contributed by atoms with E-state index in [1.54, 1.807) is 12.1 Å². The van der Waals surface area contributed by atoms with Crippen LogP contribution < -0.4 is 14.9 Å². The van der Waals surface area contributed by atoms with E-state index in [1.165, 1.54) is 11.4 Å². The van der Waals surface area contributed by atoms with E-state index in [2.05, 4.69) is 0 Å². The third kappa shape index (κ3) is 3.34. The Morgan fingerprint density at radius 3 is 1.94 bits per heavy atom. The van der Waals surface area contributed by atoms with Gasteiger partial charge in [0, 0.05) is 33.4 Å². The first-order chi connectivity index (χ1) is 7.88. The van der Waals surface area contributed by atoms with Crippen molar-refractivity contribution < 1.29 is 8.42 Å². The number of nitrogens with zero attached hydrogens (tertiary/aromatic N) is 2. The molecule has 0 aliphatic carbocycles. The molecule has 0 bridgehead atoms. The molecule has 1 rings (SSSR count). The predicted molar refractivity (Wildman–Crippen MR) is 72.0 cm³/mol. The molecule has 0 heterocycles. The summed E-state index contributed by atoms with van der Waals surface area (Å²) in [5.41, 5.74) is 6.95. The molecule has 0 aliphatic heterocycles. The largest absolute Gasteiger partial charge is 0.378 e. The molecule has 0 spiro atoms. The lowest BCUT2D eigenvalue weighted by Crippen LogP contribution is -2.31. The van der Waals surface area contributed by atoms with Crippen LogP contribution in [0.2, 0.25) is 0 Å². The second-order valence-corrected chi connectivity index (χ2v) is 6.10. The monoisotopic (exact) mass is 257 g/mol. The third-order valence-electron chi connectivity index (χ3n) is 2.52. The number of sulfonamides is 1. The fourth-order valence-electron chi connectivity index (χ4n) is 1.41. The minimum Gasteiger partial charge on any atom is -0.378 e. The van der Waals surface area contributed by atoms with Gasteiger partial charge in [-0.1, -0.05) is 0 Å². The molecule has 0 aromatic heterocycles. The van der Waals surface area contributed by atoms with Crippen LogP contribution >= 0.6 is 0 Å². The van der Waals surface area contributed by atoms with Crippen LogP contribution in [0.5, 0.6) is 0 Å². The van der Waals surface area contributed by atoms with E-state index in [1.807, 2.05) is 31.1 Å². The summed E-state index contributed by atoms with van der Waals surface area (Å²) in [5.74, 6) is -0.0427. The van der Waals surface area contributed by atoms with E-state index in [-0.39, 0.29) is 12.3 Å². The van der Waals surface area contributed by atoms with E-state index < -0.39 is 10.0 Å². The van der Waals surface area contributed by atoms with Crippen molar-refractivity contribution in [3.05, 3.63) is 24.3 Å². The summed E-state index contributed by atoms with van der Waals surface area (Å²) in [7, 11) is 2.10. The maximum atomic E-state index is 11.8. The highest BCUT2D eigenvalue weighted by molar-refractivity contribution is 7.92. The molecule has 96 valence electrons. The van der Waals surface area contributed by atoms with Gasteiger partial charge in [-0.2, -0.15) is 0 Å². The predicted octanol–water partition coefficient (Wildman–Crippen LogP) is 0.477. The maximum Gasteiger partial charge on any atom is 0.236 e. The highest BCUT2D eigenvalue weighted by Crippen LogP contribution is 2.20. The molecule has 0 fully saturated rings. The Balaban J connectivity index is 2.94. The van der Waals surface area contributed by atoms with Crippen molar-refractivity contribution in [2.24, 2.45) is 5.73 Å². The third-order valence-corrected chi connectivity index (χ3v) is 4.32. The molecular formula is C11H19N3O2S. The first-order valence-corrected chi connectivity index (χ1v) is 6.93. The summed E-state index contributed by atoms with van der Waals surface area (Å²) in [5, 5.41) is 0. The molecule has 0 radical (unpaired) electrons. The van der Waals surface area contributed by atoms with E-state index in [0.717, 1.165) is 5.69 Å². The second-order valence-electron chi connectivity index (χ2n) is 3.98. The lowest BCUT2D eigenvalue weighted by Gasteiger charge is -2.20. The van der Waals surface area contributed by atoms with E-state index in [0.29, 0.717) is 5.69 Å². The number of rotatable bonds is 5. The van der Waals surface area contributed by atoms with Gasteiger partial charge in [0.1, 0.15) is 0 Å². The molecule has 5 nitrogen and oxygen atoms in total. The Labute approximate surface area is 103 Å². The van der Waals surface area contributed by atoms with Gasteiger partial charge >= 0.3 is 0 Å². The molecule has 17 heavy (non-hydrogen) atoms. The first-order valence-electron chi connectivity index (χ1n) is 5.32. The van der Waals surface area contributed by atoms with Crippen LogP contribution in [0.25, 0.3) is 0 Å². The van der Waals surface area contributed by atoms with Crippen LogP contribution in [-0.4, -0.2) is 41.9 Å². The van der Waals surface area contributed by atoms with Crippen molar-refractivity contribution in [3.8, 4) is 0 Å². The molecular weight excluding hydrogens is 238 g/mol. The summed E-state index contributed by atoms with van der Waals surface area (Å²) in [4.78, 5) is 1.96. The fourth-order valence-corrected chi connectivity index (χ4v) is 2.42. The average molecular weight is 257 g/mol.